The molecule has 86 valence electrons. The molecule has 0 bridgehead atoms. The second-order valence-corrected chi connectivity index (χ2v) is 4.43. The molecular weight excluding hydrogens is 270 g/mol. The summed E-state index contributed by atoms with van der Waals surface area (Å²) in [5, 5.41) is 3.34. The lowest BCUT2D eigenvalue weighted by molar-refractivity contribution is 0.384. The van der Waals surface area contributed by atoms with Gasteiger partial charge in [-0.15, -0.1) is 0 Å². The van der Waals surface area contributed by atoms with E-state index in [2.05, 4.69) is 28.2 Å². The zero-order chi connectivity index (χ0) is 11.5. The molecule has 2 heterocycles. The Kier molecular flexibility index (Phi) is 3.51. The average Bonchev–Trinajstić information content (AvgIpc) is 2.84. The molecule has 3 nitrogen and oxygen atoms in total. The number of furan rings is 2. The number of nitrogens with one attached hydrogen (secondary N) is 1. The van der Waals surface area contributed by atoms with Crippen molar-refractivity contribution in [2.24, 2.45) is 0 Å². The maximum absolute atomic E-state index is 5.63. The zero-order valence-electron chi connectivity index (χ0n) is 9.29. The van der Waals surface area contributed by atoms with Gasteiger partial charge in [0.1, 0.15) is 23.3 Å². The van der Waals surface area contributed by atoms with E-state index in [1.165, 1.54) is 0 Å². The number of halogens is 1. The largest absolute Gasteiger partial charge is 0.466 e. The Bertz CT molecular complexity index is 461. The van der Waals surface area contributed by atoms with Crippen LogP contribution in [0.5, 0.6) is 0 Å². The molecule has 0 aliphatic rings. The number of aryl methyl sites for hydroxylation is 1. The minimum absolute atomic E-state index is 0.0388. The first-order valence-electron chi connectivity index (χ1n) is 5.25. The summed E-state index contributed by atoms with van der Waals surface area (Å²) in [7, 11) is 0. The molecule has 4 heteroatoms. The van der Waals surface area contributed by atoms with Crippen LogP contribution in [0.4, 0.5) is 0 Å². The van der Waals surface area contributed by atoms with Crippen molar-refractivity contribution in [1.29, 1.82) is 0 Å². The van der Waals surface area contributed by atoms with E-state index in [0.717, 1.165) is 28.3 Å². The quantitative estimate of drug-likeness (QED) is 0.931. The highest BCUT2D eigenvalue weighted by Gasteiger charge is 2.21. The summed E-state index contributed by atoms with van der Waals surface area (Å²) in [5.41, 5.74) is 0. The third-order valence-corrected chi connectivity index (χ3v) is 3.02. The summed E-state index contributed by atoms with van der Waals surface area (Å²) in [4.78, 5) is 0. The zero-order valence-corrected chi connectivity index (χ0v) is 10.9. The van der Waals surface area contributed by atoms with Crippen molar-refractivity contribution in [1.82, 2.24) is 5.32 Å². The van der Waals surface area contributed by atoms with Crippen molar-refractivity contribution in [3.05, 3.63) is 46.2 Å². The molecule has 2 aromatic rings. The van der Waals surface area contributed by atoms with E-state index in [4.69, 9.17) is 8.83 Å². The maximum Gasteiger partial charge on any atom is 0.142 e. The Labute approximate surface area is 103 Å². The minimum atomic E-state index is -0.0388. The van der Waals surface area contributed by atoms with Crippen LogP contribution in [0.2, 0.25) is 0 Å². The third-order valence-electron chi connectivity index (χ3n) is 2.36. The van der Waals surface area contributed by atoms with Crippen LogP contribution >= 0.6 is 15.9 Å². The highest BCUT2D eigenvalue weighted by atomic mass is 79.9. The monoisotopic (exact) mass is 283 g/mol. The molecule has 16 heavy (non-hydrogen) atoms. The van der Waals surface area contributed by atoms with Crippen molar-refractivity contribution >= 4 is 15.9 Å². The first kappa shape index (κ1) is 11.5. The predicted octanol–water partition coefficient (Wildman–Crippen LogP) is 3.64. The Hall–Kier alpha value is -1.00. The molecular formula is C12H14BrNO2. The first-order valence-corrected chi connectivity index (χ1v) is 6.04. The standard InChI is InChI=1S/C12H14BrNO2/c1-3-14-11(10-5-4-8(2)16-10)12-9(13)6-7-15-12/h4-7,11,14H,3H2,1-2H3. The fourth-order valence-corrected chi connectivity index (χ4v) is 2.08. The van der Waals surface area contributed by atoms with Gasteiger partial charge in [0.05, 0.1) is 10.7 Å². The van der Waals surface area contributed by atoms with Gasteiger partial charge >= 0.3 is 0 Å². The van der Waals surface area contributed by atoms with Crippen LogP contribution in [0.15, 0.2) is 37.8 Å². The van der Waals surface area contributed by atoms with Gasteiger partial charge in [-0.25, -0.2) is 0 Å². The molecule has 2 aromatic heterocycles. The van der Waals surface area contributed by atoms with Gasteiger partial charge in [0.15, 0.2) is 0 Å². The molecule has 0 fully saturated rings. The molecule has 0 saturated heterocycles. The normalized spacial score (nSPS) is 12.9. The fourth-order valence-electron chi connectivity index (χ4n) is 1.65. The minimum Gasteiger partial charge on any atom is -0.466 e. The number of hydrogen-bond acceptors (Lipinski definition) is 3. The van der Waals surface area contributed by atoms with Crippen molar-refractivity contribution in [3.63, 3.8) is 0 Å². The van der Waals surface area contributed by atoms with Gasteiger partial charge < -0.3 is 14.2 Å². The van der Waals surface area contributed by atoms with Crippen molar-refractivity contribution in [2.45, 2.75) is 19.9 Å². The van der Waals surface area contributed by atoms with Crippen LogP contribution in [0.25, 0.3) is 0 Å². The Morgan fingerprint density at radius 2 is 2.19 bits per heavy atom. The summed E-state index contributed by atoms with van der Waals surface area (Å²) in [5.74, 6) is 2.62. The second-order valence-electron chi connectivity index (χ2n) is 3.57. The molecule has 1 N–H and O–H groups in total. The number of hydrogen-bond donors (Lipinski definition) is 1. The second kappa shape index (κ2) is 4.89. The molecule has 2 rings (SSSR count). The van der Waals surface area contributed by atoms with E-state index in [-0.39, 0.29) is 6.04 Å². The van der Waals surface area contributed by atoms with Crippen LogP contribution in [-0.4, -0.2) is 6.54 Å². The van der Waals surface area contributed by atoms with Gasteiger partial charge in [-0.3, -0.25) is 0 Å². The summed E-state index contributed by atoms with van der Waals surface area (Å²) in [6, 6.07) is 5.77. The SMILES string of the molecule is CCNC(c1ccc(C)o1)c1occc1Br. The molecule has 0 spiro atoms. The van der Waals surface area contributed by atoms with Crippen LogP contribution in [-0.2, 0) is 0 Å². The van der Waals surface area contributed by atoms with E-state index >= 15 is 0 Å². The lowest BCUT2D eigenvalue weighted by Crippen LogP contribution is -2.21. The molecule has 0 amide bonds. The van der Waals surface area contributed by atoms with Gasteiger partial charge in [0.25, 0.3) is 0 Å². The van der Waals surface area contributed by atoms with E-state index < -0.39 is 0 Å². The Morgan fingerprint density at radius 1 is 1.38 bits per heavy atom. The predicted molar refractivity (Wildman–Crippen MR) is 65.4 cm³/mol. The molecule has 0 radical (unpaired) electrons. The van der Waals surface area contributed by atoms with Crippen molar-refractivity contribution in [3.8, 4) is 0 Å². The van der Waals surface area contributed by atoms with Crippen LogP contribution in [0.1, 0.15) is 30.2 Å². The summed E-state index contributed by atoms with van der Waals surface area (Å²) < 4.78 is 12.1. The topological polar surface area (TPSA) is 38.3 Å². The molecule has 1 atom stereocenters. The van der Waals surface area contributed by atoms with E-state index in [0.29, 0.717) is 0 Å². The van der Waals surface area contributed by atoms with Crippen LogP contribution in [0, 0.1) is 6.92 Å². The van der Waals surface area contributed by atoms with E-state index in [9.17, 15) is 0 Å². The smallest absolute Gasteiger partial charge is 0.142 e. The average molecular weight is 284 g/mol. The third kappa shape index (κ3) is 2.23. The molecule has 0 saturated carbocycles. The molecule has 0 aromatic carbocycles. The lowest BCUT2D eigenvalue weighted by Gasteiger charge is -2.13. The van der Waals surface area contributed by atoms with Crippen molar-refractivity contribution < 1.29 is 8.83 Å². The van der Waals surface area contributed by atoms with Crippen molar-refractivity contribution in [2.75, 3.05) is 6.54 Å². The van der Waals surface area contributed by atoms with E-state index in [1.54, 1.807) is 6.26 Å². The summed E-state index contributed by atoms with van der Waals surface area (Å²) in [6.45, 7) is 4.83. The van der Waals surface area contributed by atoms with Crippen LogP contribution in [0.3, 0.4) is 0 Å². The summed E-state index contributed by atoms with van der Waals surface area (Å²) >= 11 is 3.47. The van der Waals surface area contributed by atoms with Gasteiger partial charge in [-0.05, 0) is 47.6 Å². The first-order chi connectivity index (χ1) is 7.72. The summed E-state index contributed by atoms with van der Waals surface area (Å²) in [6.07, 6.45) is 1.67. The molecule has 0 aliphatic carbocycles. The molecule has 1 unspecified atom stereocenters. The highest BCUT2D eigenvalue weighted by molar-refractivity contribution is 9.10. The van der Waals surface area contributed by atoms with Gasteiger partial charge in [0.2, 0.25) is 0 Å². The fraction of sp³-hybridized carbons (Fsp3) is 0.333. The molecule has 0 aliphatic heterocycles. The maximum atomic E-state index is 5.63. The lowest BCUT2D eigenvalue weighted by atomic mass is 10.1. The van der Waals surface area contributed by atoms with Gasteiger partial charge in [-0.1, -0.05) is 6.92 Å². The Balaban J connectivity index is 2.34. The number of rotatable bonds is 4. The van der Waals surface area contributed by atoms with Gasteiger partial charge in [-0.2, -0.15) is 0 Å². The van der Waals surface area contributed by atoms with E-state index in [1.807, 2.05) is 25.1 Å². The van der Waals surface area contributed by atoms with Gasteiger partial charge in [0, 0.05) is 0 Å². The Morgan fingerprint density at radius 3 is 2.69 bits per heavy atom. The highest BCUT2D eigenvalue weighted by Crippen LogP contribution is 2.30. The van der Waals surface area contributed by atoms with Crippen LogP contribution < -0.4 is 5.32 Å².